The fourth-order valence-corrected chi connectivity index (χ4v) is 1.94. The first-order valence-electron chi connectivity index (χ1n) is 5.17. The van der Waals surface area contributed by atoms with E-state index in [2.05, 4.69) is 5.32 Å². The summed E-state index contributed by atoms with van der Waals surface area (Å²) in [6, 6.07) is 0. The zero-order valence-electron chi connectivity index (χ0n) is 8.58. The Hall–Kier alpha value is -0.120. The van der Waals surface area contributed by atoms with E-state index >= 15 is 0 Å². The number of hydrogen-bond donors (Lipinski definition) is 3. The van der Waals surface area contributed by atoms with Gasteiger partial charge >= 0.3 is 0 Å². The first kappa shape index (κ1) is 11.0. The lowest BCUT2D eigenvalue weighted by Crippen LogP contribution is -2.38. The van der Waals surface area contributed by atoms with Crippen molar-refractivity contribution in [3.63, 3.8) is 0 Å². The maximum absolute atomic E-state index is 10.2. The van der Waals surface area contributed by atoms with Crippen molar-refractivity contribution in [1.82, 2.24) is 5.32 Å². The summed E-state index contributed by atoms with van der Waals surface area (Å²) in [5.41, 5.74) is -0.615. The number of likely N-dealkylation sites (N-methyl/N-ethyl adjacent to an activating group) is 1. The lowest BCUT2D eigenvalue weighted by atomic mass is 9.88. The number of nitrogens with one attached hydrogen (secondary N) is 1. The van der Waals surface area contributed by atoms with E-state index in [0.29, 0.717) is 18.9 Å². The van der Waals surface area contributed by atoms with Gasteiger partial charge in [0.1, 0.15) is 0 Å². The highest BCUT2D eigenvalue weighted by Crippen LogP contribution is 2.43. The quantitative estimate of drug-likeness (QED) is 0.568. The molecule has 3 nitrogen and oxygen atoms in total. The van der Waals surface area contributed by atoms with Crippen LogP contribution in [0.5, 0.6) is 0 Å². The van der Waals surface area contributed by atoms with Crippen LogP contribution in [-0.2, 0) is 0 Å². The molecular formula is C10H21NO2. The van der Waals surface area contributed by atoms with E-state index in [1.54, 1.807) is 0 Å². The van der Waals surface area contributed by atoms with Crippen LogP contribution in [0.4, 0.5) is 0 Å². The van der Waals surface area contributed by atoms with E-state index in [1.165, 1.54) is 0 Å². The van der Waals surface area contributed by atoms with E-state index in [4.69, 9.17) is 0 Å². The predicted molar refractivity (Wildman–Crippen MR) is 52.5 cm³/mol. The average molecular weight is 187 g/mol. The molecule has 3 N–H and O–H groups in total. The van der Waals surface area contributed by atoms with Crippen LogP contribution in [-0.4, -0.2) is 35.5 Å². The van der Waals surface area contributed by atoms with E-state index in [9.17, 15) is 10.2 Å². The summed E-state index contributed by atoms with van der Waals surface area (Å²) in [6.45, 7) is 2.56. The van der Waals surface area contributed by atoms with Gasteiger partial charge < -0.3 is 15.5 Å². The van der Waals surface area contributed by atoms with Crippen LogP contribution < -0.4 is 5.32 Å². The fraction of sp³-hybridized carbons (Fsp3) is 1.00. The highest BCUT2D eigenvalue weighted by atomic mass is 16.3. The minimum atomic E-state index is -0.615. The van der Waals surface area contributed by atoms with Gasteiger partial charge in [-0.1, -0.05) is 6.92 Å². The first-order valence-corrected chi connectivity index (χ1v) is 5.17. The lowest BCUT2D eigenvalue weighted by Gasteiger charge is -2.29. The minimum Gasteiger partial charge on any atom is -0.392 e. The van der Waals surface area contributed by atoms with Gasteiger partial charge in [0, 0.05) is 13.0 Å². The normalized spacial score (nSPS) is 24.0. The Morgan fingerprint density at radius 1 is 1.54 bits per heavy atom. The molecule has 0 amide bonds. The average Bonchev–Trinajstić information content (AvgIpc) is 2.86. The van der Waals surface area contributed by atoms with Gasteiger partial charge in [0.15, 0.2) is 0 Å². The summed E-state index contributed by atoms with van der Waals surface area (Å²) in [4.78, 5) is 0. The van der Waals surface area contributed by atoms with Gasteiger partial charge in [-0.15, -0.1) is 0 Å². The Bertz CT molecular complexity index is 159. The van der Waals surface area contributed by atoms with Crippen LogP contribution in [0.15, 0.2) is 0 Å². The lowest BCUT2D eigenvalue weighted by molar-refractivity contribution is -0.0305. The molecule has 1 aliphatic carbocycles. The molecular weight excluding hydrogens is 166 g/mol. The Balaban J connectivity index is 2.37. The summed E-state index contributed by atoms with van der Waals surface area (Å²) >= 11 is 0. The summed E-state index contributed by atoms with van der Waals surface area (Å²) in [6.07, 6.45) is 3.08. The molecule has 1 saturated carbocycles. The number of rotatable bonds is 6. The van der Waals surface area contributed by atoms with Crippen molar-refractivity contribution in [3.8, 4) is 0 Å². The van der Waals surface area contributed by atoms with Gasteiger partial charge in [-0.2, -0.15) is 0 Å². The molecule has 0 aromatic heterocycles. The van der Waals surface area contributed by atoms with Crippen molar-refractivity contribution in [2.24, 2.45) is 5.92 Å². The molecule has 0 radical (unpaired) electrons. The zero-order chi connectivity index (χ0) is 9.90. The third kappa shape index (κ3) is 2.93. The molecule has 0 aromatic rings. The van der Waals surface area contributed by atoms with Crippen LogP contribution in [0, 0.1) is 5.92 Å². The molecule has 78 valence electrons. The van der Waals surface area contributed by atoms with Crippen molar-refractivity contribution in [1.29, 1.82) is 0 Å². The van der Waals surface area contributed by atoms with Crippen molar-refractivity contribution >= 4 is 0 Å². The number of aliphatic hydroxyl groups is 2. The molecule has 2 atom stereocenters. The molecule has 0 bridgehead atoms. The molecule has 0 spiro atoms. The van der Waals surface area contributed by atoms with Crippen LogP contribution in [0.1, 0.15) is 32.6 Å². The van der Waals surface area contributed by atoms with Crippen molar-refractivity contribution in [2.75, 3.05) is 13.6 Å². The summed E-state index contributed by atoms with van der Waals surface area (Å²) in [5, 5.41) is 22.7. The molecule has 1 aliphatic rings. The smallest absolute Gasteiger partial charge is 0.0698 e. The minimum absolute atomic E-state index is 0.421. The largest absolute Gasteiger partial charge is 0.392 e. The maximum atomic E-state index is 10.2. The summed E-state index contributed by atoms with van der Waals surface area (Å²) in [7, 11) is 1.81. The van der Waals surface area contributed by atoms with Gasteiger partial charge in [0.2, 0.25) is 0 Å². The van der Waals surface area contributed by atoms with Gasteiger partial charge in [-0.3, -0.25) is 0 Å². The van der Waals surface area contributed by atoms with Gasteiger partial charge in [-0.25, -0.2) is 0 Å². The fourth-order valence-electron chi connectivity index (χ4n) is 1.94. The third-order valence-corrected chi connectivity index (χ3v) is 2.98. The maximum Gasteiger partial charge on any atom is 0.0698 e. The van der Waals surface area contributed by atoms with E-state index in [0.717, 1.165) is 19.3 Å². The molecule has 13 heavy (non-hydrogen) atoms. The van der Waals surface area contributed by atoms with Crippen molar-refractivity contribution in [3.05, 3.63) is 0 Å². The number of aliphatic hydroxyl groups excluding tert-OH is 1. The highest BCUT2D eigenvalue weighted by Gasteiger charge is 2.43. The van der Waals surface area contributed by atoms with E-state index in [-0.39, 0.29) is 0 Å². The Morgan fingerprint density at radius 3 is 2.54 bits per heavy atom. The molecule has 3 heteroatoms. The number of hydrogen-bond acceptors (Lipinski definition) is 3. The second kappa shape index (κ2) is 4.40. The van der Waals surface area contributed by atoms with Crippen LogP contribution in [0.25, 0.3) is 0 Å². The van der Waals surface area contributed by atoms with Crippen LogP contribution in [0.2, 0.25) is 0 Å². The SMILES string of the molecule is CC[C@](O)(C[C@H](O)CNC)C1CC1. The monoisotopic (exact) mass is 187 g/mol. The topological polar surface area (TPSA) is 52.5 Å². The van der Waals surface area contributed by atoms with Gasteiger partial charge in [0.05, 0.1) is 11.7 Å². The molecule has 0 unspecified atom stereocenters. The zero-order valence-corrected chi connectivity index (χ0v) is 8.58. The molecule has 0 aromatic carbocycles. The second-order valence-corrected chi connectivity index (χ2v) is 4.15. The van der Waals surface area contributed by atoms with Gasteiger partial charge in [0.25, 0.3) is 0 Å². The molecule has 1 fully saturated rings. The van der Waals surface area contributed by atoms with E-state index in [1.807, 2.05) is 14.0 Å². The standard InChI is InChI=1S/C10H21NO2/c1-3-10(13,8-4-5-8)6-9(12)7-11-2/h8-9,11-13H,3-7H2,1-2H3/t9-,10-/m0/s1. The molecule has 0 heterocycles. The highest BCUT2D eigenvalue weighted by molar-refractivity contribution is 4.95. The summed E-state index contributed by atoms with van der Waals surface area (Å²) < 4.78 is 0. The third-order valence-electron chi connectivity index (χ3n) is 2.98. The molecule has 1 rings (SSSR count). The molecule has 0 aliphatic heterocycles. The Kier molecular flexibility index (Phi) is 3.71. The van der Waals surface area contributed by atoms with E-state index < -0.39 is 11.7 Å². The Morgan fingerprint density at radius 2 is 2.15 bits per heavy atom. The van der Waals surface area contributed by atoms with Crippen LogP contribution >= 0.6 is 0 Å². The Labute approximate surface area is 80.2 Å². The predicted octanol–water partition coefficient (Wildman–Crippen LogP) is 0.508. The van der Waals surface area contributed by atoms with Gasteiger partial charge in [-0.05, 0) is 32.2 Å². The second-order valence-electron chi connectivity index (χ2n) is 4.15. The van der Waals surface area contributed by atoms with Crippen molar-refractivity contribution in [2.45, 2.75) is 44.3 Å². The van der Waals surface area contributed by atoms with Crippen LogP contribution in [0.3, 0.4) is 0 Å². The summed E-state index contributed by atoms with van der Waals surface area (Å²) in [5.74, 6) is 0.434. The molecule has 0 saturated heterocycles. The first-order chi connectivity index (χ1) is 6.12. The van der Waals surface area contributed by atoms with Crippen molar-refractivity contribution < 1.29 is 10.2 Å².